The molecular weight excluding hydrogens is 344 g/mol. The van der Waals surface area contributed by atoms with Gasteiger partial charge in [-0.2, -0.15) is 0 Å². The summed E-state index contributed by atoms with van der Waals surface area (Å²) in [4.78, 5) is 31.0. The lowest BCUT2D eigenvalue weighted by Crippen LogP contribution is -2.36. The van der Waals surface area contributed by atoms with Crippen LogP contribution in [0.3, 0.4) is 0 Å². The van der Waals surface area contributed by atoms with Crippen LogP contribution >= 0.6 is 0 Å². The van der Waals surface area contributed by atoms with Gasteiger partial charge in [-0.15, -0.1) is 0 Å². The number of carbonyl (C=O) groups excluding carboxylic acids is 2. The molecule has 1 amide bonds. The fraction of sp³-hybridized carbons (Fsp3) is 0.381. The maximum absolute atomic E-state index is 12.7. The molecule has 2 aromatic rings. The number of carbonyl (C=O) groups is 2. The van der Waals surface area contributed by atoms with Crippen LogP contribution in [0.25, 0.3) is 0 Å². The molecule has 1 aliphatic heterocycles. The van der Waals surface area contributed by atoms with Crippen molar-refractivity contribution >= 4 is 11.7 Å². The maximum atomic E-state index is 12.7. The Labute approximate surface area is 159 Å². The van der Waals surface area contributed by atoms with E-state index in [1.54, 1.807) is 35.5 Å². The predicted molar refractivity (Wildman–Crippen MR) is 101 cm³/mol. The highest BCUT2D eigenvalue weighted by Crippen LogP contribution is 2.31. The number of ether oxygens (including phenoxy) is 2. The number of benzene rings is 1. The van der Waals surface area contributed by atoms with Crippen molar-refractivity contribution < 1.29 is 19.1 Å². The average molecular weight is 368 g/mol. The molecule has 0 radical (unpaired) electrons. The van der Waals surface area contributed by atoms with Crippen LogP contribution in [-0.2, 0) is 11.3 Å². The molecule has 142 valence electrons. The number of amides is 1. The molecule has 0 spiro atoms. The zero-order chi connectivity index (χ0) is 19.2. The molecule has 0 bridgehead atoms. The molecule has 2 heterocycles. The van der Waals surface area contributed by atoms with Gasteiger partial charge in [0.25, 0.3) is 0 Å². The molecule has 0 N–H and O–H groups in total. The standard InChI is InChI=1S/C21H24N2O4/c1-15(2)23(14-16-4-3-9-22-13-16)21(25)8-6-18(24)17-5-7-19-20(12-17)27-11-10-26-19/h3-5,7,9,12-13,15H,6,8,10-11,14H2,1-2H3. The normalized spacial score (nSPS) is 12.7. The van der Waals surface area contributed by atoms with Crippen molar-refractivity contribution in [3.63, 3.8) is 0 Å². The largest absolute Gasteiger partial charge is 0.486 e. The number of aromatic nitrogens is 1. The van der Waals surface area contributed by atoms with E-state index in [1.807, 2.05) is 26.0 Å². The highest BCUT2D eigenvalue weighted by atomic mass is 16.6. The number of nitrogens with zero attached hydrogens (tertiary/aromatic N) is 2. The molecule has 0 fully saturated rings. The number of rotatable bonds is 7. The van der Waals surface area contributed by atoms with Gasteiger partial charge in [0, 0.05) is 43.4 Å². The third-order valence-corrected chi connectivity index (χ3v) is 4.45. The van der Waals surface area contributed by atoms with Crippen molar-refractivity contribution in [2.75, 3.05) is 13.2 Å². The molecule has 0 aliphatic carbocycles. The summed E-state index contributed by atoms with van der Waals surface area (Å²) in [7, 11) is 0. The maximum Gasteiger partial charge on any atom is 0.223 e. The van der Waals surface area contributed by atoms with Gasteiger partial charge >= 0.3 is 0 Å². The lowest BCUT2D eigenvalue weighted by Gasteiger charge is -2.27. The number of Topliss-reactive ketones (excluding diaryl/α,β-unsaturated/α-hetero) is 1. The molecule has 1 aromatic carbocycles. The minimum atomic E-state index is -0.0783. The van der Waals surface area contributed by atoms with Crippen molar-refractivity contribution in [3.05, 3.63) is 53.9 Å². The van der Waals surface area contributed by atoms with Crippen molar-refractivity contribution in [3.8, 4) is 11.5 Å². The van der Waals surface area contributed by atoms with E-state index in [1.165, 1.54) is 0 Å². The van der Waals surface area contributed by atoms with Crippen LogP contribution in [0.1, 0.15) is 42.6 Å². The summed E-state index contributed by atoms with van der Waals surface area (Å²) in [6.45, 7) is 5.41. The number of hydrogen-bond donors (Lipinski definition) is 0. The Morgan fingerprint density at radius 1 is 1.11 bits per heavy atom. The predicted octanol–water partition coefficient (Wildman–Crippen LogP) is 3.25. The van der Waals surface area contributed by atoms with Gasteiger partial charge in [0.1, 0.15) is 13.2 Å². The fourth-order valence-electron chi connectivity index (χ4n) is 2.97. The van der Waals surface area contributed by atoms with E-state index < -0.39 is 0 Å². The van der Waals surface area contributed by atoms with Crippen LogP contribution in [0.4, 0.5) is 0 Å². The highest BCUT2D eigenvalue weighted by molar-refractivity contribution is 5.98. The van der Waals surface area contributed by atoms with Gasteiger partial charge in [-0.1, -0.05) is 6.07 Å². The quantitative estimate of drug-likeness (QED) is 0.702. The fourth-order valence-corrected chi connectivity index (χ4v) is 2.97. The first kappa shape index (κ1) is 18.9. The molecule has 6 nitrogen and oxygen atoms in total. The Hall–Kier alpha value is -2.89. The second-order valence-electron chi connectivity index (χ2n) is 6.76. The lowest BCUT2D eigenvalue weighted by molar-refractivity contribution is -0.133. The van der Waals surface area contributed by atoms with Gasteiger partial charge in [-0.05, 0) is 43.7 Å². The molecule has 27 heavy (non-hydrogen) atoms. The number of ketones is 1. The zero-order valence-electron chi connectivity index (χ0n) is 15.7. The first-order valence-corrected chi connectivity index (χ1v) is 9.16. The number of fused-ring (bicyclic) bond motifs is 1. The first-order valence-electron chi connectivity index (χ1n) is 9.16. The zero-order valence-corrected chi connectivity index (χ0v) is 15.7. The summed E-state index contributed by atoms with van der Waals surface area (Å²) in [6, 6.07) is 8.99. The summed E-state index contributed by atoms with van der Waals surface area (Å²) in [5.74, 6) is 1.11. The molecule has 6 heteroatoms. The number of pyridine rings is 1. The van der Waals surface area contributed by atoms with Crippen molar-refractivity contribution in [2.45, 2.75) is 39.3 Å². The van der Waals surface area contributed by atoms with E-state index >= 15 is 0 Å². The van der Waals surface area contributed by atoms with Gasteiger partial charge in [-0.25, -0.2) is 0 Å². The first-order chi connectivity index (χ1) is 13.0. The molecule has 1 aliphatic rings. The second-order valence-corrected chi connectivity index (χ2v) is 6.76. The molecule has 0 saturated heterocycles. The minimum Gasteiger partial charge on any atom is -0.486 e. The van der Waals surface area contributed by atoms with Gasteiger partial charge in [0.05, 0.1) is 0 Å². The Kier molecular flexibility index (Phi) is 6.06. The van der Waals surface area contributed by atoms with Crippen LogP contribution in [0, 0.1) is 0 Å². The van der Waals surface area contributed by atoms with E-state index in [-0.39, 0.29) is 30.6 Å². The van der Waals surface area contributed by atoms with Crippen molar-refractivity contribution in [1.29, 1.82) is 0 Å². The summed E-state index contributed by atoms with van der Waals surface area (Å²) in [6.07, 6.45) is 3.79. The van der Waals surface area contributed by atoms with E-state index in [9.17, 15) is 9.59 Å². The smallest absolute Gasteiger partial charge is 0.223 e. The Morgan fingerprint density at radius 3 is 2.59 bits per heavy atom. The second kappa shape index (κ2) is 8.66. The van der Waals surface area contributed by atoms with Crippen molar-refractivity contribution in [2.24, 2.45) is 0 Å². The van der Waals surface area contributed by atoms with Gasteiger partial charge in [0.15, 0.2) is 17.3 Å². The van der Waals surface area contributed by atoms with E-state index in [4.69, 9.17) is 9.47 Å². The molecule has 0 saturated carbocycles. The summed E-state index contributed by atoms with van der Waals surface area (Å²) in [5.41, 5.74) is 1.51. The Morgan fingerprint density at radius 2 is 1.89 bits per heavy atom. The molecular formula is C21H24N2O4. The molecule has 1 aromatic heterocycles. The lowest BCUT2D eigenvalue weighted by atomic mass is 10.0. The van der Waals surface area contributed by atoms with Crippen LogP contribution in [0.2, 0.25) is 0 Å². The summed E-state index contributed by atoms with van der Waals surface area (Å²) in [5, 5.41) is 0. The SMILES string of the molecule is CC(C)N(Cc1cccnc1)C(=O)CCC(=O)c1ccc2c(c1)OCCO2. The van der Waals surface area contributed by atoms with Gasteiger partial charge in [-0.3, -0.25) is 14.6 Å². The minimum absolute atomic E-state index is 0.0419. The van der Waals surface area contributed by atoms with E-state index in [2.05, 4.69) is 4.98 Å². The summed E-state index contributed by atoms with van der Waals surface area (Å²) < 4.78 is 11.0. The molecule has 0 unspecified atom stereocenters. The van der Waals surface area contributed by atoms with Gasteiger partial charge in [0.2, 0.25) is 5.91 Å². The molecule has 3 rings (SSSR count). The van der Waals surface area contributed by atoms with Crippen LogP contribution in [0.15, 0.2) is 42.7 Å². The summed E-state index contributed by atoms with van der Waals surface area (Å²) >= 11 is 0. The van der Waals surface area contributed by atoms with E-state index in [0.29, 0.717) is 36.8 Å². The number of hydrogen-bond acceptors (Lipinski definition) is 5. The topological polar surface area (TPSA) is 68.7 Å². The average Bonchev–Trinajstić information content (AvgIpc) is 2.70. The van der Waals surface area contributed by atoms with Crippen molar-refractivity contribution in [1.82, 2.24) is 9.88 Å². The third kappa shape index (κ3) is 4.84. The Bertz CT molecular complexity index is 805. The van der Waals surface area contributed by atoms with Crippen LogP contribution in [0.5, 0.6) is 11.5 Å². The van der Waals surface area contributed by atoms with Gasteiger partial charge < -0.3 is 14.4 Å². The third-order valence-electron chi connectivity index (χ3n) is 4.45. The van der Waals surface area contributed by atoms with Crippen LogP contribution in [-0.4, -0.2) is 40.8 Å². The highest BCUT2D eigenvalue weighted by Gasteiger charge is 2.20. The van der Waals surface area contributed by atoms with E-state index in [0.717, 1.165) is 5.56 Å². The monoisotopic (exact) mass is 368 g/mol. The van der Waals surface area contributed by atoms with Crippen LogP contribution < -0.4 is 9.47 Å². The Balaban J connectivity index is 1.60. The molecule has 0 atom stereocenters.